The molecule has 0 rings (SSSR count). The van der Waals surface area contributed by atoms with Crippen LogP contribution in [0.4, 0.5) is 0 Å². The maximum Gasteiger partial charge on any atom is 0.0701 e. The third-order valence-electron chi connectivity index (χ3n) is 13.0. The van der Waals surface area contributed by atoms with Crippen molar-refractivity contribution in [2.45, 2.75) is 96.8 Å². The Morgan fingerprint density at radius 3 is 0.436 bits per heavy atom. The van der Waals surface area contributed by atoms with E-state index in [2.05, 4.69) is 19.1 Å². The van der Waals surface area contributed by atoms with Crippen LogP contribution in [0.3, 0.4) is 0 Å². The number of allylic oxidation sites excluding steroid dienone is 2. The highest BCUT2D eigenvalue weighted by atomic mass is 16.6. The minimum Gasteiger partial charge on any atom is -0.379 e. The molecule has 0 spiro atoms. The first-order chi connectivity index (χ1) is 46.9. The molecule has 0 aliphatic carbocycles. The summed E-state index contributed by atoms with van der Waals surface area (Å²) >= 11 is 0. The van der Waals surface area contributed by atoms with Crippen LogP contribution in [0.1, 0.15) is 96.8 Å². The zero-order valence-electron chi connectivity index (χ0n) is 58.9. The molecule has 94 heavy (non-hydrogen) atoms. The van der Waals surface area contributed by atoms with Crippen molar-refractivity contribution in [3.05, 3.63) is 12.2 Å². The molecular weight excluding hydrogens is 1230 g/mol. The van der Waals surface area contributed by atoms with Gasteiger partial charge in [0.25, 0.3) is 0 Å². The maximum absolute atomic E-state index is 5.70. The van der Waals surface area contributed by atoms with Gasteiger partial charge < -0.3 is 124 Å². The first-order valence-corrected chi connectivity index (χ1v) is 35.7. The van der Waals surface area contributed by atoms with Gasteiger partial charge in [-0.15, -0.1) is 0 Å². The summed E-state index contributed by atoms with van der Waals surface area (Å²) in [5.74, 6) is 0. The van der Waals surface area contributed by atoms with Gasteiger partial charge in [-0.25, -0.2) is 0 Å². The van der Waals surface area contributed by atoms with Crippen LogP contribution in [0.15, 0.2) is 12.2 Å². The summed E-state index contributed by atoms with van der Waals surface area (Å²) in [7, 11) is 0. The molecule has 2 N–H and O–H groups in total. The molecule has 26 heteroatoms. The predicted molar refractivity (Wildman–Crippen MR) is 359 cm³/mol. The molecule has 0 amide bonds. The third kappa shape index (κ3) is 90.7. The molecule has 0 radical (unpaired) electrons. The summed E-state index contributed by atoms with van der Waals surface area (Å²) in [5.41, 5.74) is 5.35. The Morgan fingerprint density at radius 1 is 0.149 bits per heavy atom. The quantitative estimate of drug-likeness (QED) is 0.0510. The average Bonchev–Trinajstić information content (AvgIpc) is 3.59. The molecule has 0 fully saturated rings. The van der Waals surface area contributed by atoms with E-state index < -0.39 is 0 Å². The third-order valence-corrected chi connectivity index (χ3v) is 13.0. The van der Waals surface area contributed by atoms with Crippen LogP contribution in [0, 0.1) is 0 Å². The number of hydrogen-bond acceptors (Lipinski definition) is 26. The van der Waals surface area contributed by atoms with E-state index in [-0.39, 0.29) is 0 Å². The van der Waals surface area contributed by atoms with Gasteiger partial charge in [0.2, 0.25) is 0 Å². The van der Waals surface area contributed by atoms with Crippen molar-refractivity contribution in [2.75, 3.05) is 337 Å². The van der Waals surface area contributed by atoms with Gasteiger partial charge in [-0.2, -0.15) is 0 Å². The molecule has 0 unspecified atom stereocenters. The Labute approximate surface area is 568 Å². The normalized spacial score (nSPS) is 11.9. The highest BCUT2D eigenvalue weighted by Crippen LogP contribution is 2.11. The van der Waals surface area contributed by atoms with Gasteiger partial charge >= 0.3 is 0 Å². The lowest BCUT2D eigenvalue weighted by atomic mass is 10.1. The maximum atomic E-state index is 5.70. The van der Waals surface area contributed by atoms with E-state index in [1.54, 1.807) is 0 Å². The molecule has 0 saturated heterocycles. The molecule has 0 heterocycles. The van der Waals surface area contributed by atoms with Crippen LogP contribution >= 0.6 is 0 Å². The van der Waals surface area contributed by atoms with Crippen LogP contribution in [0.2, 0.25) is 0 Å². The molecule has 0 aliphatic rings. The molecule has 0 aromatic heterocycles. The zero-order valence-corrected chi connectivity index (χ0v) is 58.9. The lowest BCUT2D eigenvalue weighted by Gasteiger charge is -2.09. The van der Waals surface area contributed by atoms with Gasteiger partial charge in [-0.3, -0.25) is 0 Å². The van der Waals surface area contributed by atoms with Crippen molar-refractivity contribution in [2.24, 2.45) is 5.73 Å². The number of rotatable bonds is 90. The largest absolute Gasteiger partial charge is 0.379 e. The zero-order chi connectivity index (χ0) is 67.1. The molecular formula is C68H137NO25. The lowest BCUT2D eigenvalue weighted by Crippen LogP contribution is -2.16. The van der Waals surface area contributed by atoms with Crippen molar-refractivity contribution < 1.29 is 118 Å². The summed E-state index contributed by atoms with van der Waals surface area (Å²) in [6, 6.07) is 0. The van der Waals surface area contributed by atoms with Crippen molar-refractivity contribution in [3.8, 4) is 0 Å². The molecule has 0 aromatic rings. The van der Waals surface area contributed by atoms with Gasteiger partial charge in [0.05, 0.1) is 324 Å². The fraction of sp³-hybridized carbons (Fsp3) is 0.971. The minimum absolute atomic E-state index is 0.486. The van der Waals surface area contributed by atoms with E-state index in [4.69, 9.17) is 124 Å². The molecule has 564 valence electrons. The molecule has 26 nitrogen and oxygen atoms in total. The number of nitrogens with two attached hydrogens (primary N) is 1. The van der Waals surface area contributed by atoms with Gasteiger partial charge in [0.1, 0.15) is 0 Å². The first-order valence-electron chi connectivity index (χ1n) is 35.7. The highest BCUT2D eigenvalue weighted by molar-refractivity contribution is 4.81. The summed E-state index contributed by atoms with van der Waals surface area (Å²) in [6.45, 7) is 28.4. The first kappa shape index (κ1) is 92.7. The standard InChI is InChI=1S/C68H137NO25/c1-2-3-4-5-6-7-8-9-10-11-12-13-14-15-16-17-19-70-21-23-72-25-27-74-29-31-76-33-35-78-37-39-80-41-43-82-45-47-84-49-51-86-53-55-88-57-59-90-61-63-92-65-67-94-68-66-93-64-62-91-60-58-89-56-54-87-52-50-85-48-46-83-44-42-81-40-38-79-36-34-77-32-30-75-28-26-73-24-22-71-20-18-69/h12-13H,2-11,14-69H2,1H3/b13-12+. The van der Waals surface area contributed by atoms with Crippen molar-refractivity contribution in [1.29, 1.82) is 0 Å². The highest BCUT2D eigenvalue weighted by Gasteiger charge is 2.02. The monoisotopic (exact) mass is 1370 g/mol. The Bertz CT molecular complexity index is 1330. The van der Waals surface area contributed by atoms with Crippen molar-refractivity contribution >= 4 is 0 Å². The predicted octanol–water partition coefficient (Wildman–Crippen LogP) is 6.40. The summed E-state index contributed by atoms with van der Waals surface area (Å²) < 4.78 is 138. The Kier molecular flexibility index (Phi) is 90.4. The van der Waals surface area contributed by atoms with E-state index in [1.165, 1.54) is 83.5 Å². The SMILES string of the molecule is CCCCCCCCCCC/C=C/CCCCCOCCOCCOCCOCCOCCOCCOCCOCCOCCOCCOCCOCCOCCOCCOCCOCCOCCOCCOCCOCCOCCOCCOCCOCCOCCN. The second-order valence-electron chi connectivity index (χ2n) is 21.0. The van der Waals surface area contributed by atoms with E-state index in [0.717, 1.165) is 13.0 Å². The Morgan fingerprint density at radius 2 is 0.277 bits per heavy atom. The van der Waals surface area contributed by atoms with E-state index >= 15 is 0 Å². The van der Waals surface area contributed by atoms with Crippen LogP contribution in [-0.2, 0) is 118 Å². The topological polar surface area (TPSA) is 257 Å². The van der Waals surface area contributed by atoms with E-state index in [0.29, 0.717) is 330 Å². The molecule has 0 bridgehead atoms. The Hall–Kier alpha value is -1.30. The van der Waals surface area contributed by atoms with Crippen molar-refractivity contribution in [3.63, 3.8) is 0 Å². The fourth-order valence-corrected chi connectivity index (χ4v) is 7.91. The van der Waals surface area contributed by atoms with Crippen LogP contribution in [-0.4, -0.2) is 337 Å². The number of hydrogen-bond donors (Lipinski definition) is 1. The fourth-order valence-electron chi connectivity index (χ4n) is 7.91. The smallest absolute Gasteiger partial charge is 0.0701 e. The number of unbranched alkanes of at least 4 members (excludes halogenated alkanes) is 12. The van der Waals surface area contributed by atoms with Crippen LogP contribution in [0.25, 0.3) is 0 Å². The van der Waals surface area contributed by atoms with Gasteiger partial charge in [0.15, 0.2) is 0 Å². The minimum atomic E-state index is 0.486. The Balaban J connectivity index is 3.10. The molecule has 0 aromatic carbocycles. The summed E-state index contributed by atoms with van der Waals surface area (Å²) in [6.07, 6.45) is 23.3. The van der Waals surface area contributed by atoms with Crippen molar-refractivity contribution in [1.82, 2.24) is 0 Å². The van der Waals surface area contributed by atoms with Gasteiger partial charge in [-0.05, 0) is 32.1 Å². The summed E-state index contributed by atoms with van der Waals surface area (Å²) in [4.78, 5) is 0. The van der Waals surface area contributed by atoms with Crippen LogP contribution in [0.5, 0.6) is 0 Å². The van der Waals surface area contributed by atoms with Crippen LogP contribution < -0.4 is 5.73 Å². The van der Waals surface area contributed by atoms with E-state index in [1.807, 2.05) is 0 Å². The van der Waals surface area contributed by atoms with Gasteiger partial charge in [0, 0.05) is 13.2 Å². The lowest BCUT2D eigenvalue weighted by molar-refractivity contribution is -0.0321. The summed E-state index contributed by atoms with van der Waals surface area (Å²) in [5, 5.41) is 0. The molecule has 0 atom stereocenters. The second kappa shape index (κ2) is 91.7. The molecule has 0 saturated carbocycles. The van der Waals surface area contributed by atoms with Gasteiger partial charge in [-0.1, -0.05) is 76.9 Å². The number of ether oxygens (including phenoxy) is 25. The molecule has 0 aliphatic heterocycles. The van der Waals surface area contributed by atoms with E-state index in [9.17, 15) is 0 Å². The second-order valence-corrected chi connectivity index (χ2v) is 21.0. The average molecular weight is 1370 g/mol.